The van der Waals surface area contributed by atoms with Crippen LogP contribution in [0.15, 0.2) is 12.1 Å². The second kappa shape index (κ2) is 5.24. The largest absolute Gasteiger partial charge is 0.465 e. The van der Waals surface area contributed by atoms with Gasteiger partial charge in [0, 0.05) is 0 Å². The minimum atomic E-state index is -0.618. The van der Waals surface area contributed by atoms with Crippen LogP contribution in [0.5, 0.6) is 0 Å². The van der Waals surface area contributed by atoms with Gasteiger partial charge in [-0.15, -0.1) is 0 Å². The first-order chi connectivity index (χ1) is 9.47. The number of rotatable bonds is 2. The van der Waals surface area contributed by atoms with Gasteiger partial charge in [-0.1, -0.05) is 0 Å². The van der Waals surface area contributed by atoms with Crippen LogP contribution >= 0.6 is 0 Å². The number of aromatic nitrogens is 2. The summed E-state index contributed by atoms with van der Waals surface area (Å²) in [5, 5.41) is 0. The molecule has 1 aromatic heterocycles. The Balaban J connectivity index is 2.77. The summed E-state index contributed by atoms with van der Waals surface area (Å²) < 4.78 is 9.36. The number of fused-ring (bicyclic) bond motifs is 1. The Bertz CT molecular complexity index is 649. The number of aryl methyl sites for hydroxylation is 2. The summed E-state index contributed by atoms with van der Waals surface area (Å²) in [6.45, 7) is 3.65. The van der Waals surface area contributed by atoms with E-state index in [1.807, 2.05) is 13.8 Å². The molecule has 0 aliphatic heterocycles. The van der Waals surface area contributed by atoms with E-state index in [4.69, 9.17) is 0 Å². The first-order valence-corrected chi connectivity index (χ1v) is 5.93. The summed E-state index contributed by atoms with van der Waals surface area (Å²) >= 11 is 0. The van der Waals surface area contributed by atoms with Gasteiger partial charge >= 0.3 is 11.9 Å². The molecule has 0 aliphatic carbocycles. The number of benzene rings is 1. The highest BCUT2D eigenvalue weighted by molar-refractivity contribution is 6.06. The van der Waals surface area contributed by atoms with Gasteiger partial charge in [0.2, 0.25) is 0 Å². The fraction of sp³-hybridized carbons (Fsp3) is 0.286. The lowest BCUT2D eigenvalue weighted by Crippen LogP contribution is -2.12. The molecule has 0 unspecified atom stereocenters. The zero-order valence-electron chi connectivity index (χ0n) is 11.7. The molecule has 2 aromatic rings. The average molecular weight is 274 g/mol. The number of methoxy groups -OCH3 is 2. The number of esters is 2. The van der Waals surface area contributed by atoms with Crippen molar-refractivity contribution in [3.05, 3.63) is 34.6 Å². The van der Waals surface area contributed by atoms with Crippen molar-refractivity contribution >= 4 is 23.0 Å². The van der Waals surface area contributed by atoms with Gasteiger partial charge in [0.25, 0.3) is 0 Å². The molecule has 1 aromatic carbocycles. The lowest BCUT2D eigenvalue weighted by Gasteiger charge is -2.09. The average Bonchev–Trinajstić information content (AvgIpc) is 2.45. The van der Waals surface area contributed by atoms with E-state index in [0.717, 1.165) is 11.4 Å². The van der Waals surface area contributed by atoms with Crippen LogP contribution in [0, 0.1) is 13.8 Å². The van der Waals surface area contributed by atoms with Gasteiger partial charge in [0.1, 0.15) is 0 Å². The standard InChI is InChI=1S/C14H14N2O4/c1-7-8(2)16-12-6-10(14(18)20-4)9(13(17)19-3)5-11(12)15-7/h5-6H,1-4H3. The lowest BCUT2D eigenvalue weighted by atomic mass is 10.1. The molecule has 0 saturated carbocycles. The van der Waals surface area contributed by atoms with Crippen molar-refractivity contribution in [2.24, 2.45) is 0 Å². The van der Waals surface area contributed by atoms with Gasteiger partial charge in [0.15, 0.2) is 0 Å². The van der Waals surface area contributed by atoms with Gasteiger partial charge in [0.05, 0.1) is 47.8 Å². The summed E-state index contributed by atoms with van der Waals surface area (Å²) in [5.74, 6) is -1.24. The maximum absolute atomic E-state index is 11.8. The molecular formula is C14H14N2O4. The van der Waals surface area contributed by atoms with E-state index in [1.54, 1.807) is 0 Å². The fourth-order valence-corrected chi connectivity index (χ4v) is 1.84. The Morgan fingerprint density at radius 1 is 0.850 bits per heavy atom. The number of nitrogens with zero attached hydrogens (tertiary/aromatic N) is 2. The molecule has 20 heavy (non-hydrogen) atoms. The van der Waals surface area contributed by atoms with Crippen molar-refractivity contribution in [3.8, 4) is 0 Å². The van der Waals surface area contributed by atoms with Crippen molar-refractivity contribution in [1.29, 1.82) is 0 Å². The van der Waals surface area contributed by atoms with Crippen LogP contribution in [0.1, 0.15) is 32.1 Å². The topological polar surface area (TPSA) is 78.4 Å². The van der Waals surface area contributed by atoms with Crippen LogP contribution in [0.25, 0.3) is 11.0 Å². The van der Waals surface area contributed by atoms with Crippen molar-refractivity contribution in [1.82, 2.24) is 9.97 Å². The van der Waals surface area contributed by atoms with Gasteiger partial charge in [-0.3, -0.25) is 0 Å². The maximum Gasteiger partial charge on any atom is 0.338 e. The second-order valence-electron chi connectivity index (χ2n) is 4.26. The summed E-state index contributed by atoms with van der Waals surface area (Å²) in [4.78, 5) is 32.3. The van der Waals surface area contributed by atoms with Crippen molar-refractivity contribution < 1.29 is 19.1 Å². The highest BCUT2D eigenvalue weighted by atomic mass is 16.5. The molecule has 0 fully saturated rings. The van der Waals surface area contributed by atoms with Gasteiger partial charge in [-0.05, 0) is 26.0 Å². The van der Waals surface area contributed by atoms with Crippen molar-refractivity contribution in [2.45, 2.75) is 13.8 Å². The molecule has 6 heteroatoms. The quantitative estimate of drug-likeness (QED) is 0.777. The number of carbonyl (C=O) groups is 2. The molecule has 0 atom stereocenters. The Morgan fingerprint density at radius 2 is 1.20 bits per heavy atom. The van der Waals surface area contributed by atoms with E-state index in [0.29, 0.717) is 11.0 Å². The first-order valence-electron chi connectivity index (χ1n) is 5.93. The minimum Gasteiger partial charge on any atom is -0.465 e. The van der Waals surface area contributed by atoms with Gasteiger partial charge < -0.3 is 9.47 Å². The fourth-order valence-electron chi connectivity index (χ4n) is 1.84. The first kappa shape index (κ1) is 13.9. The third kappa shape index (κ3) is 2.32. The molecule has 0 aliphatic rings. The third-order valence-electron chi connectivity index (χ3n) is 3.03. The minimum absolute atomic E-state index is 0.115. The molecule has 104 valence electrons. The van der Waals surface area contributed by atoms with E-state index < -0.39 is 11.9 Å². The molecular weight excluding hydrogens is 260 g/mol. The number of hydrogen-bond acceptors (Lipinski definition) is 6. The van der Waals surface area contributed by atoms with Crippen LogP contribution in [0.4, 0.5) is 0 Å². The van der Waals surface area contributed by atoms with Crippen LogP contribution in [0.2, 0.25) is 0 Å². The maximum atomic E-state index is 11.8. The van der Waals surface area contributed by atoms with Crippen LogP contribution in [-0.2, 0) is 9.47 Å². The second-order valence-corrected chi connectivity index (χ2v) is 4.26. The van der Waals surface area contributed by atoms with E-state index in [9.17, 15) is 9.59 Å². The highest BCUT2D eigenvalue weighted by Crippen LogP contribution is 2.20. The van der Waals surface area contributed by atoms with Crippen LogP contribution in [-0.4, -0.2) is 36.1 Å². The van der Waals surface area contributed by atoms with E-state index >= 15 is 0 Å². The molecule has 1 heterocycles. The molecule has 2 rings (SSSR count). The molecule has 0 radical (unpaired) electrons. The monoisotopic (exact) mass is 274 g/mol. The summed E-state index contributed by atoms with van der Waals surface area (Å²) in [6, 6.07) is 2.99. The summed E-state index contributed by atoms with van der Waals surface area (Å²) in [7, 11) is 2.50. The molecule has 0 bridgehead atoms. The van der Waals surface area contributed by atoms with E-state index in [1.165, 1.54) is 26.4 Å². The SMILES string of the molecule is COC(=O)c1cc2nc(C)c(C)nc2cc1C(=O)OC. The molecule has 0 N–H and O–H groups in total. The predicted molar refractivity (Wildman–Crippen MR) is 71.7 cm³/mol. The molecule has 6 nitrogen and oxygen atoms in total. The Kier molecular flexibility index (Phi) is 3.65. The summed E-state index contributed by atoms with van der Waals surface area (Å²) in [6.07, 6.45) is 0. The van der Waals surface area contributed by atoms with E-state index in [-0.39, 0.29) is 11.1 Å². The number of carbonyl (C=O) groups excluding carboxylic acids is 2. The van der Waals surface area contributed by atoms with Crippen LogP contribution < -0.4 is 0 Å². The van der Waals surface area contributed by atoms with Gasteiger partial charge in [-0.25, -0.2) is 19.6 Å². The zero-order chi connectivity index (χ0) is 14.9. The van der Waals surface area contributed by atoms with Crippen LogP contribution in [0.3, 0.4) is 0 Å². The van der Waals surface area contributed by atoms with Crippen molar-refractivity contribution in [2.75, 3.05) is 14.2 Å². The molecule has 0 saturated heterocycles. The molecule has 0 spiro atoms. The third-order valence-corrected chi connectivity index (χ3v) is 3.03. The Morgan fingerprint density at radius 3 is 1.50 bits per heavy atom. The van der Waals surface area contributed by atoms with Gasteiger partial charge in [-0.2, -0.15) is 0 Å². The normalized spacial score (nSPS) is 10.4. The highest BCUT2D eigenvalue weighted by Gasteiger charge is 2.20. The zero-order valence-corrected chi connectivity index (χ0v) is 11.7. The molecule has 0 amide bonds. The Labute approximate surface area is 115 Å². The summed E-state index contributed by atoms with van der Waals surface area (Å²) in [5.41, 5.74) is 2.81. The lowest BCUT2D eigenvalue weighted by molar-refractivity contribution is 0.0555. The predicted octanol–water partition coefficient (Wildman–Crippen LogP) is 1.82. The number of ether oxygens (including phenoxy) is 2. The number of hydrogen-bond donors (Lipinski definition) is 0. The van der Waals surface area contributed by atoms with E-state index in [2.05, 4.69) is 19.4 Å². The van der Waals surface area contributed by atoms with Crippen molar-refractivity contribution in [3.63, 3.8) is 0 Å². The Hall–Kier alpha value is -2.50. The smallest absolute Gasteiger partial charge is 0.338 e.